The van der Waals surface area contributed by atoms with Gasteiger partial charge in [-0.05, 0) is 19.2 Å². The predicted octanol–water partition coefficient (Wildman–Crippen LogP) is 0.337. The molecule has 0 unspecified atom stereocenters. The Morgan fingerprint density at radius 3 is 2.53 bits per heavy atom. The number of phenols is 1. The molecule has 0 spiro atoms. The molecule has 1 aromatic carbocycles. The number of ketones is 1. The first-order valence-electron chi connectivity index (χ1n) is 4.68. The van der Waals surface area contributed by atoms with Gasteiger partial charge in [-0.15, -0.1) is 0 Å². The topological polar surface area (TPSA) is 83.5 Å². The van der Waals surface area contributed by atoms with E-state index in [-0.39, 0.29) is 12.1 Å². The highest BCUT2D eigenvalue weighted by Crippen LogP contribution is 2.28. The van der Waals surface area contributed by atoms with Crippen LogP contribution in [0.1, 0.15) is 10.4 Å². The monoisotopic (exact) mass is 261 g/mol. The average Bonchev–Trinajstić information content (AvgIpc) is 2.15. The van der Waals surface area contributed by atoms with Crippen molar-refractivity contribution in [3.63, 3.8) is 0 Å². The SMILES string of the molecule is CNCC(=O)c1ccc(O)c(S(C)(=O)=O)c1F. The van der Waals surface area contributed by atoms with Gasteiger partial charge in [-0.3, -0.25) is 4.79 Å². The van der Waals surface area contributed by atoms with Crippen molar-refractivity contribution >= 4 is 15.6 Å². The molecule has 1 aromatic rings. The number of rotatable bonds is 4. The van der Waals surface area contributed by atoms with Gasteiger partial charge < -0.3 is 10.4 Å². The summed E-state index contributed by atoms with van der Waals surface area (Å²) in [5.41, 5.74) is -0.363. The normalized spacial score (nSPS) is 11.5. The lowest BCUT2D eigenvalue weighted by Gasteiger charge is -2.08. The summed E-state index contributed by atoms with van der Waals surface area (Å²) >= 11 is 0. The minimum absolute atomic E-state index is 0.120. The number of halogens is 1. The zero-order valence-corrected chi connectivity index (χ0v) is 10.1. The van der Waals surface area contributed by atoms with Gasteiger partial charge in [0.25, 0.3) is 0 Å². The van der Waals surface area contributed by atoms with Crippen LogP contribution in [0.4, 0.5) is 4.39 Å². The van der Waals surface area contributed by atoms with Crippen molar-refractivity contribution in [2.75, 3.05) is 19.8 Å². The van der Waals surface area contributed by atoms with Crippen molar-refractivity contribution in [1.29, 1.82) is 0 Å². The predicted molar refractivity (Wildman–Crippen MR) is 59.4 cm³/mol. The Hall–Kier alpha value is -1.47. The molecule has 0 heterocycles. The van der Waals surface area contributed by atoms with Crippen molar-refractivity contribution in [3.05, 3.63) is 23.5 Å². The molecule has 0 aliphatic rings. The first-order chi connectivity index (χ1) is 7.79. The third-order valence-corrected chi connectivity index (χ3v) is 3.21. The Morgan fingerprint density at radius 2 is 2.06 bits per heavy atom. The number of hydrogen-bond acceptors (Lipinski definition) is 5. The third-order valence-electron chi connectivity index (χ3n) is 2.08. The van der Waals surface area contributed by atoms with E-state index in [4.69, 9.17) is 0 Å². The lowest BCUT2D eigenvalue weighted by molar-refractivity contribution is 0.0989. The van der Waals surface area contributed by atoms with Crippen LogP contribution in [-0.2, 0) is 9.84 Å². The van der Waals surface area contributed by atoms with Crippen LogP contribution >= 0.6 is 0 Å². The highest BCUT2D eigenvalue weighted by Gasteiger charge is 2.24. The van der Waals surface area contributed by atoms with E-state index in [0.717, 1.165) is 18.4 Å². The Kier molecular flexibility index (Phi) is 3.84. The second kappa shape index (κ2) is 4.80. The highest BCUT2D eigenvalue weighted by atomic mass is 32.2. The maximum absolute atomic E-state index is 13.8. The Morgan fingerprint density at radius 1 is 1.47 bits per heavy atom. The molecule has 0 aromatic heterocycles. The van der Waals surface area contributed by atoms with Crippen LogP contribution in [0.25, 0.3) is 0 Å². The van der Waals surface area contributed by atoms with E-state index in [1.165, 1.54) is 7.05 Å². The molecule has 94 valence electrons. The second-order valence-electron chi connectivity index (χ2n) is 3.50. The van der Waals surface area contributed by atoms with Gasteiger partial charge in [0, 0.05) is 6.26 Å². The van der Waals surface area contributed by atoms with Gasteiger partial charge in [-0.25, -0.2) is 12.8 Å². The highest BCUT2D eigenvalue weighted by molar-refractivity contribution is 7.90. The van der Waals surface area contributed by atoms with Crippen LogP contribution in [0.3, 0.4) is 0 Å². The number of hydrogen-bond donors (Lipinski definition) is 2. The number of nitrogens with one attached hydrogen (secondary N) is 1. The quantitative estimate of drug-likeness (QED) is 0.763. The van der Waals surface area contributed by atoms with Crippen LogP contribution in [0.2, 0.25) is 0 Å². The zero-order chi connectivity index (χ0) is 13.2. The zero-order valence-electron chi connectivity index (χ0n) is 9.32. The van der Waals surface area contributed by atoms with Crippen LogP contribution in [0.15, 0.2) is 17.0 Å². The van der Waals surface area contributed by atoms with Crippen molar-refractivity contribution in [1.82, 2.24) is 5.32 Å². The van der Waals surface area contributed by atoms with Crippen LogP contribution in [0.5, 0.6) is 5.75 Å². The van der Waals surface area contributed by atoms with E-state index in [1.54, 1.807) is 0 Å². The molecule has 0 atom stereocenters. The van der Waals surface area contributed by atoms with E-state index in [2.05, 4.69) is 5.32 Å². The molecule has 0 saturated carbocycles. The summed E-state index contributed by atoms with van der Waals surface area (Å²) in [6, 6.07) is 2.04. The summed E-state index contributed by atoms with van der Waals surface area (Å²) in [6.07, 6.45) is 0.761. The molecule has 0 radical (unpaired) electrons. The molecule has 1 rings (SSSR count). The number of Topliss-reactive ketones (excluding diaryl/α,β-unsaturated/α-hetero) is 1. The Balaban J connectivity index is 3.45. The lowest BCUT2D eigenvalue weighted by atomic mass is 10.1. The van der Waals surface area contributed by atoms with Crippen LogP contribution in [-0.4, -0.2) is 39.2 Å². The van der Waals surface area contributed by atoms with Gasteiger partial charge in [0.2, 0.25) is 0 Å². The van der Waals surface area contributed by atoms with E-state index < -0.39 is 32.1 Å². The number of phenolic OH excluding ortho intramolecular Hbond substituents is 1. The minimum atomic E-state index is -3.93. The standard InChI is InChI=1S/C10H12FNO4S/c1-12-5-8(14)6-3-4-7(13)10(9(6)11)17(2,15)16/h3-4,12-13H,5H2,1-2H3. The van der Waals surface area contributed by atoms with Gasteiger partial charge in [0.1, 0.15) is 10.6 Å². The molecule has 0 amide bonds. The summed E-state index contributed by atoms with van der Waals surface area (Å²) < 4.78 is 36.4. The van der Waals surface area contributed by atoms with Gasteiger partial charge in [0.05, 0.1) is 12.1 Å². The summed E-state index contributed by atoms with van der Waals surface area (Å²) in [5.74, 6) is -2.51. The number of sulfone groups is 1. The Bertz CT molecular complexity index is 554. The van der Waals surface area contributed by atoms with Gasteiger partial charge in [-0.2, -0.15) is 0 Å². The first kappa shape index (κ1) is 13.6. The molecule has 2 N–H and O–H groups in total. The molecule has 0 aliphatic carbocycles. The summed E-state index contributed by atoms with van der Waals surface area (Å²) in [6.45, 7) is -0.120. The van der Waals surface area contributed by atoms with Crippen molar-refractivity contribution in [2.45, 2.75) is 4.90 Å². The number of benzene rings is 1. The molecule has 0 fully saturated rings. The molecule has 0 aliphatic heterocycles. The molecule has 17 heavy (non-hydrogen) atoms. The number of carbonyl (C=O) groups is 1. The number of carbonyl (C=O) groups excluding carboxylic acids is 1. The third kappa shape index (κ3) is 2.80. The largest absolute Gasteiger partial charge is 0.506 e. The maximum atomic E-state index is 13.8. The first-order valence-corrected chi connectivity index (χ1v) is 6.57. The van der Waals surface area contributed by atoms with E-state index in [9.17, 15) is 22.7 Å². The second-order valence-corrected chi connectivity index (χ2v) is 5.45. The smallest absolute Gasteiger partial charge is 0.182 e. The fraction of sp³-hybridized carbons (Fsp3) is 0.300. The van der Waals surface area contributed by atoms with Gasteiger partial charge in [0.15, 0.2) is 21.4 Å². The molecule has 7 heteroatoms. The number of likely N-dealkylation sites (N-methyl/N-ethyl adjacent to an activating group) is 1. The fourth-order valence-electron chi connectivity index (χ4n) is 1.37. The number of aromatic hydroxyl groups is 1. The Labute approximate surface area is 98.2 Å². The van der Waals surface area contributed by atoms with Crippen LogP contribution in [0, 0.1) is 5.82 Å². The van der Waals surface area contributed by atoms with Gasteiger partial charge in [-0.1, -0.05) is 0 Å². The molecular weight excluding hydrogens is 249 g/mol. The van der Waals surface area contributed by atoms with Crippen molar-refractivity contribution < 1.29 is 22.7 Å². The molecule has 5 nitrogen and oxygen atoms in total. The van der Waals surface area contributed by atoms with Gasteiger partial charge >= 0.3 is 0 Å². The summed E-state index contributed by atoms with van der Waals surface area (Å²) in [7, 11) is -2.43. The summed E-state index contributed by atoms with van der Waals surface area (Å²) in [4.78, 5) is 10.6. The average molecular weight is 261 g/mol. The molecular formula is C10H12FNO4S. The fourth-order valence-corrected chi connectivity index (χ4v) is 2.25. The molecule has 0 bridgehead atoms. The van der Waals surface area contributed by atoms with E-state index >= 15 is 0 Å². The summed E-state index contributed by atoms with van der Waals surface area (Å²) in [5, 5.41) is 11.9. The molecule has 0 saturated heterocycles. The van der Waals surface area contributed by atoms with E-state index in [1.807, 2.05) is 0 Å². The van der Waals surface area contributed by atoms with Crippen molar-refractivity contribution in [2.24, 2.45) is 0 Å². The lowest BCUT2D eigenvalue weighted by Crippen LogP contribution is -2.20. The van der Waals surface area contributed by atoms with E-state index in [0.29, 0.717) is 0 Å². The van der Waals surface area contributed by atoms with Crippen LogP contribution < -0.4 is 5.32 Å². The van der Waals surface area contributed by atoms with Crippen molar-refractivity contribution in [3.8, 4) is 5.75 Å². The minimum Gasteiger partial charge on any atom is -0.506 e. The maximum Gasteiger partial charge on any atom is 0.182 e.